The van der Waals surface area contributed by atoms with Crippen LogP contribution in [0.2, 0.25) is 0 Å². The molecule has 1 aliphatic rings. The zero-order valence-electron chi connectivity index (χ0n) is 7.42. The van der Waals surface area contributed by atoms with Gasteiger partial charge in [-0.15, -0.1) is 0 Å². The number of H-pyrrole nitrogens is 1. The van der Waals surface area contributed by atoms with Gasteiger partial charge in [0.15, 0.2) is 0 Å². The molecular formula is C9H13N3O. The average Bonchev–Trinajstić information content (AvgIpc) is 2.74. The molecule has 70 valence electrons. The number of hydrogen-bond acceptors (Lipinski definition) is 2. The Labute approximate surface area is 76.7 Å². The summed E-state index contributed by atoms with van der Waals surface area (Å²) in [6.07, 6.45) is 6.33. The topological polar surface area (TPSA) is 57.8 Å². The second kappa shape index (κ2) is 3.60. The molecule has 1 aliphatic carbocycles. The first kappa shape index (κ1) is 8.29. The van der Waals surface area contributed by atoms with Crippen molar-refractivity contribution in [1.29, 1.82) is 0 Å². The third-order valence-corrected chi connectivity index (χ3v) is 2.42. The summed E-state index contributed by atoms with van der Waals surface area (Å²) in [5.41, 5.74) is 0.479. The molecule has 0 saturated heterocycles. The molecule has 0 spiro atoms. The van der Waals surface area contributed by atoms with E-state index in [1.165, 1.54) is 12.8 Å². The molecular weight excluding hydrogens is 166 g/mol. The Morgan fingerprint density at radius 1 is 1.54 bits per heavy atom. The van der Waals surface area contributed by atoms with Gasteiger partial charge in [-0.1, -0.05) is 12.8 Å². The van der Waals surface area contributed by atoms with Gasteiger partial charge in [0.25, 0.3) is 5.91 Å². The van der Waals surface area contributed by atoms with Gasteiger partial charge >= 0.3 is 0 Å². The summed E-state index contributed by atoms with van der Waals surface area (Å²) in [5.74, 6) is -0.0619. The first-order valence-electron chi connectivity index (χ1n) is 4.67. The summed E-state index contributed by atoms with van der Waals surface area (Å²) < 4.78 is 0. The Balaban J connectivity index is 1.91. The van der Waals surface area contributed by atoms with Crippen LogP contribution in [0.3, 0.4) is 0 Å². The second-order valence-corrected chi connectivity index (χ2v) is 3.41. The van der Waals surface area contributed by atoms with Crippen molar-refractivity contribution in [3.8, 4) is 0 Å². The lowest BCUT2D eigenvalue weighted by Gasteiger charge is -2.09. The van der Waals surface area contributed by atoms with Crippen LogP contribution >= 0.6 is 0 Å². The van der Waals surface area contributed by atoms with Crippen molar-refractivity contribution in [2.24, 2.45) is 0 Å². The van der Waals surface area contributed by atoms with Crippen LogP contribution in [0.1, 0.15) is 36.2 Å². The van der Waals surface area contributed by atoms with Crippen LogP contribution in [0.25, 0.3) is 0 Å². The van der Waals surface area contributed by atoms with Crippen molar-refractivity contribution < 1.29 is 4.79 Å². The number of aromatic amines is 1. The molecule has 1 amide bonds. The summed E-state index contributed by atoms with van der Waals surface area (Å²) in [6, 6.07) is 2.05. The quantitative estimate of drug-likeness (QED) is 0.713. The van der Waals surface area contributed by atoms with Crippen molar-refractivity contribution in [2.45, 2.75) is 31.7 Å². The highest BCUT2D eigenvalue weighted by atomic mass is 16.2. The fourth-order valence-corrected chi connectivity index (χ4v) is 1.72. The van der Waals surface area contributed by atoms with E-state index in [4.69, 9.17) is 0 Å². The normalized spacial score (nSPS) is 17.5. The first-order valence-corrected chi connectivity index (χ1v) is 4.67. The van der Waals surface area contributed by atoms with E-state index in [0.717, 1.165) is 12.8 Å². The largest absolute Gasteiger partial charge is 0.348 e. The van der Waals surface area contributed by atoms with Gasteiger partial charge in [0, 0.05) is 12.2 Å². The standard InChI is InChI=1S/C9H13N3O/c13-9(8-5-6-10-12-8)11-7-3-1-2-4-7/h5-7H,1-4H2,(H,10,12)(H,11,13). The third-order valence-electron chi connectivity index (χ3n) is 2.42. The van der Waals surface area contributed by atoms with Crippen LogP contribution in [0, 0.1) is 0 Å². The van der Waals surface area contributed by atoms with Crippen LogP contribution in [-0.2, 0) is 0 Å². The summed E-state index contributed by atoms with van der Waals surface area (Å²) >= 11 is 0. The zero-order valence-corrected chi connectivity index (χ0v) is 7.42. The number of carbonyl (C=O) groups is 1. The third kappa shape index (κ3) is 1.88. The number of nitrogens with one attached hydrogen (secondary N) is 2. The predicted octanol–water partition coefficient (Wildman–Crippen LogP) is 1.08. The van der Waals surface area contributed by atoms with Crippen molar-refractivity contribution >= 4 is 5.91 Å². The molecule has 0 bridgehead atoms. The molecule has 13 heavy (non-hydrogen) atoms. The minimum atomic E-state index is -0.0619. The van der Waals surface area contributed by atoms with Gasteiger partial charge in [0.1, 0.15) is 5.69 Å². The molecule has 0 unspecified atom stereocenters. The highest BCUT2D eigenvalue weighted by Gasteiger charge is 2.18. The zero-order chi connectivity index (χ0) is 9.10. The number of aromatic nitrogens is 2. The number of amides is 1. The minimum Gasteiger partial charge on any atom is -0.348 e. The molecule has 4 nitrogen and oxygen atoms in total. The van der Waals surface area contributed by atoms with Crippen LogP contribution in [0.4, 0.5) is 0 Å². The van der Waals surface area contributed by atoms with E-state index in [9.17, 15) is 4.79 Å². The maximum absolute atomic E-state index is 11.5. The van der Waals surface area contributed by atoms with Crippen LogP contribution < -0.4 is 5.32 Å². The molecule has 1 saturated carbocycles. The average molecular weight is 179 g/mol. The van der Waals surface area contributed by atoms with Crippen molar-refractivity contribution in [3.63, 3.8) is 0 Å². The van der Waals surface area contributed by atoms with Gasteiger partial charge in [-0.3, -0.25) is 9.89 Å². The number of nitrogens with zero attached hydrogens (tertiary/aromatic N) is 1. The molecule has 2 rings (SSSR count). The Bertz CT molecular complexity index is 275. The Morgan fingerprint density at radius 2 is 2.31 bits per heavy atom. The van der Waals surface area contributed by atoms with Crippen LogP contribution in [-0.4, -0.2) is 22.1 Å². The molecule has 0 aromatic carbocycles. The van der Waals surface area contributed by atoms with Crippen molar-refractivity contribution in [1.82, 2.24) is 15.5 Å². The van der Waals surface area contributed by atoms with Crippen LogP contribution in [0.5, 0.6) is 0 Å². The lowest BCUT2D eigenvalue weighted by Crippen LogP contribution is -2.32. The summed E-state index contributed by atoms with van der Waals surface area (Å²) in [6.45, 7) is 0. The molecule has 1 aromatic heterocycles. The maximum Gasteiger partial charge on any atom is 0.271 e. The van der Waals surface area contributed by atoms with Gasteiger partial charge in [-0.2, -0.15) is 5.10 Å². The second-order valence-electron chi connectivity index (χ2n) is 3.41. The molecule has 1 aromatic rings. The first-order chi connectivity index (χ1) is 6.36. The van der Waals surface area contributed by atoms with E-state index in [1.807, 2.05) is 0 Å². The molecule has 2 N–H and O–H groups in total. The van der Waals surface area contributed by atoms with E-state index in [0.29, 0.717) is 11.7 Å². The van der Waals surface area contributed by atoms with Gasteiger partial charge in [-0.25, -0.2) is 0 Å². The number of carbonyl (C=O) groups excluding carboxylic acids is 1. The fourth-order valence-electron chi connectivity index (χ4n) is 1.72. The molecule has 0 aliphatic heterocycles. The van der Waals surface area contributed by atoms with Crippen molar-refractivity contribution in [3.05, 3.63) is 18.0 Å². The summed E-state index contributed by atoms with van der Waals surface area (Å²) in [5, 5.41) is 9.41. The van der Waals surface area contributed by atoms with E-state index in [2.05, 4.69) is 15.5 Å². The molecule has 1 heterocycles. The highest BCUT2D eigenvalue weighted by molar-refractivity contribution is 5.92. The van der Waals surface area contributed by atoms with E-state index in [-0.39, 0.29) is 5.91 Å². The predicted molar refractivity (Wildman–Crippen MR) is 48.3 cm³/mol. The van der Waals surface area contributed by atoms with Crippen LogP contribution in [0.15, 0.2) is 12.3 Å². The monoisotopic (exact) mass is 179 g/mol. The van der Waals surface area contributed by atoms with E-state index >= 15 is 0 Å². The van der Waals surface area contributed by atoms with E-state index < -0.39 is 0 Å². The lowest BCUT2D eigenvalue weighted by atomic mass is 10.2. The highest BCUT2D eigenvalue weighted by Crippen LogP contribution is 2.17. The molecule has 1 fully saturated rings. The van der Waals surface area contributed by atoms with Crippen molar-refractivity contribution in [2.75, 3.05) is 0 Å². The fraction of sp³-hybridized carbons (Fsp3) is 0.556. The van der Waals surface area contributed by atoms with Gasteiger partial charge in [-0.05, 0) is 18.9 Å². The maximum atomic E-state index is 11.5. The number of rotatable bonds is 2. The summed E-state index contributed by atoms with van der Waals surface area (Å²) in [4.78, 5) is 11.5. The molecule has 0 radical (unpaired) electrons. The van der Waals surface area contributed by atoms with E-state index in [1.54, 1.807) is 12.3 Å². The Hall–Kier alpha value is -1.32. The lowest BCUT2D eigenvalue weighted by molar-refractivity contribution is 0.0933. The Morgan fingerprint density at radius 3 is 2.92 bits per heavy atom. The SMILES string of the molecule is O=C(NC1CCCC1)c1cc[nH]n1. The summed E-state index contributed by atoms with van der Waals surface area (Å²) in [7, 11) is 0. The van der Waals surface area contributed by atoms with Gasteiger partial charge in [0.2, 0.25) is 0 Å². The Kier molecular flexibility index (Phi) is 2.29. The number of hydrogen-bond donors (Lipinski definition) is 2. The van der Waals surface area contributed by atoms with Gasteiger partial charge < -0.3 is 5.32 Å². The van der Waals surface area contributed by atoms with Gasteiger partial charge in [0.05, 0.1) is 0 Å². The smallest absolute Gasteiger partial charge is 0.271 e. The minimum absolute atomic E-state index is 0.0619. The molecule has 4 heteroatoms. The molecule has 0 atom stereocenters.